The lowest BCUT2D eigenvalue weighted by molar-refractivity contribution is -0.112. The van der Waals surface area contributed by atoms with Crippen LogP contribution < -0.4 is 9.44 Å². The smallest absolute Gasteiger partial charge is 0.251 e. The molecule has 0 saturated heterocycles. The van der Waals surface area contributed by atoms with E-state index in [1.165, 1.54) is 29.3 Å². The van der Waals surface area contributed by atoms with Gasteiger partial charge in [-0.1, -0.05) is 12.6 Å². The van der Waals surface area contributed by atoms with E-state index in [2.05, 4.69) is 16.9 Å². The molecule has 10 heteroatoms. The van der Waals surface area contributed by atoms with E-state index in [9.17, 15) is 21.6 Å². The molecule has 1 rings (SSSR count). The zero-order chi connectivity index (χ0) is 16.3. The fourth-order valence-corrected chi connectivity index (χ4v) is 3.94. The summed E-state index contributed by atoms with van der Waals surface area (Å²) in [4.78, 5) is 15.4. The molecule has 21 heavy (non-hydrogen) atoms. The summed E-state index contributed by atoms with van der Waals surface area (Å²) < 4.78 is 46.7. The first-order chi connectivity index (χ1) is 9.48. The van der Waals surface area contributed by atoms with Gasteiger partial charge in [0.25, 0.3) is 5.91 Å². The van der Waals surface area contributed by atoms with Crippen molar-refractivity contribution < 1.29 is 21.6 Å². The molecule has 0 spiro atoms. The molecular formula is C11H15N3O5S2. The number of carbonyl (C=O) groups excluding carboxylic acids is 1. The van der Waals surface area contributed by atoms with Crippen LogP contribution in [0.5, 0.6) is 0 Å². The lowest BCUT2D eigenvalue weighted by atomic mass is 10.3. The van der Waals surface area contributed by atoms with E-state index in [0.29, 0.717) is 0 Å². The number of nitrogens with zero attached hydrogens (tertiary/aromatic N) is 1. The van der Waals surface area contributed by atoms with E-state index < -0.39 is 31.7 Å². The molecule has 116 valence electrons. The second-order valence-corrected chi connectivity index (χ2v) is 8.09. The number of hydrogen-bond acceptors (Lipinski definition) is 6. The summed E-state index contributed by atoms with van der Waals surface area (Å²) in [5.74, 6) is -0.927. The number of sulfonamides is 2. The van der Waals surface area contributed by atoms with Gasteiger partial charge in [0.15, 0.2) is 0 Å². The molecule has 0 radical (unpaired) electrons. The Morgan fingerprint density at radius 1 is 1.29 bits per heavy atom. The van der Waals surface area contributed by atoms with Gasteiger partial charge in [-0.25, -0.2) is 21.8 Å². The first kappa shape index (κ1) is 17.3. The van der Waals surface area contributed by atoms with Crippen LogP contribution in [0.2, 0.25) is 0 Å². The second kappa shape index (κ2) is 6.33. The van der Waals surface area contributed by atoms with Gasteiger partial charge in [0.2, 0.25) is 20.0 Å². The molecule has 0 saturated carbocycles. The molecule has 0 bridgehead atoms. The van der Waals surface area contributed by atoms with Crippen LogP contribution in [-0.4, -0.2) is 34.0 Å². The van der Waals surface area contributed by atoms with Gasteiger partial charge in [-0.15, -0.1) is 4.13 Å². The van der Waals surface area contributed by atoms with Crippen LogP contribution in [0.25, 0.3) is 0 Å². The molecule has 0 unspecified atom stereocenters. The Morgan fingerprint density at radius 2 is 1.90 bits per heavy atom. The minimum Gasteiger partial charge on any atom is -0.307 e. The van der Waals surface area contributed by atoms with E-state index in [-0.39, 0.29) is 17.1 Å². The summed E-state index contributed by atoms with van der Waals surface area (Å²) in [5.41, 5.74) is 0.360. The lowest BCUT2D eigenvalue weighted by Crippen LogP contribution is -2.30. The molecule has 2 N–H and O–H groups in total. The summed E-state index contributed by atoms with van der Waals surface area (Å²) in [7, 11) is -7.97. The highest BCUT2D eigenvalue weighted by Gasteiger charge is 2.18. The molecule has 0 aliphatic heterocycles. The minimum absolute atomic E-state index is 0.0886. The molecule has 1 aromatic rings. The molecule has 0 aliphatic rings. The van der Waals surface area contributed by atoms with Gasteiger partial charge in [0.05, 0.1) is 11.9 Å². The molecule has 0 fully saturated rings. The maximum absolute atomic E-state index is 11.6. The Kier molecular flexibility index (Phi) is 5.20. The topological polar surface area (TPSA) is 122 Å². The summed E-state index contributed by atoms with van der Waals surface area (Å²) in [6, 6.07) is 4.37. The summed E-state index contributed by atoms with van der Waals surface area (Å²) in [5, 5.41) is 2.43. The van der Waals surface area contributed by atoms with Crippen LogP contribution in [0.15, 0.2) is 30.4 Å². The van der Waals surface area contributed by atoms with E-state index in [1.807, 2.05) is 0 Å². The number of aromatic nitrogens is 1. The zero-order valence-corrected chi connectivity index (χ0v) is 13.1. The van der Waals surface area contributed by atoms with Gasteiger partial charge in [0, 0.05) is 5.57 Å². The van der Waals surface area contributed by atoms with Crippen molar-refractivity contribution >= 4 is 31.8 Å². The molecule has 1 aromatic heterocycles. The lowest BCUT2D eigenvalue weighted by Gasteiger charge is -2.07. The highest BCUT2D eigenvalue weighted by Crippen LogP contribution is 2.09. The van der Waals surface area contributed by atoms with Crippen molar-refractivity contribution in [1.29, 1.82) is 0 Å². The maximum atomic E-state index is 11.6. The van der Waals surface area contributed by atoms with Crippen LogP contribution in [0, 0.1) is 0 Å². The van der Waals surface area contributed by atoms with Crippen LogP contribution in [0.3, 0.4) is 0 Å². The number of rotatable bonds is 6. The Bertz CT molecular complexity index is 769. The number of amides is 1. The van der Waals surface area contributed by atoms with Crippen molar-refractivity contribution in [3.8, 4) is 0 Å². The van der Waals surface area contributed by atoms with Gasteiger partial charge < -0.3 is 5.32 Å². The van der Waals surface area contributed by atoms with E-state index >= 15 is 0 Å². The average molecular weight is 333 g/mol. The molecule has 0 aromatic carbocycles. The summed E-state index contributed by atoms with van der Waals surface area (Å²) >= 11 is 0. The minimum atomic E-state index is -4.08. The van der Waals surface area contributed by atoms with Crippen molar-refractivity contribution in [3.05, 3.63) is 36.0 Å². The number of carbonyl (C=O) groups is 1. The predicted octanol–water partition coefficient (Wildman–Crippen LogP) is -0.0248. The standard InChI is InChI=1S/C11H15N3O5S2/c1-8(2)11(15)13-10-6-4-5-9(12-10)7-21(18,19)14-20(3,16)17/h4-6,14H,1,7H2,2-3H3,(H,12,13,15). The summed E-state index contributed by atoms with van der Waals surface area (Å²) in [6.07, 6.45) is 0.738. The van der Waals surface area contributed by atoms with Crippen LogP contribution in [-0.2, 0) is 30.6 Å². The van der Waals surface area contributed by atoms with Crippen LogP contribution in [0.1, 0.15) is 12.6 Å². The predicted molar refractivity (Wildman–Crippen MR) is 78.3 cm³/mol. The van der Waals surface area contributed by atoms with Gasteiger partial charge in [0.1, 0.15) is 11.6 Å². The van der Waals surface area contributed by atoms with E-state index in [4.69, 9.17) is 0 Å². The van der Waals surface area contributed by atoms with Gasteiger partial charge in [-0.05, 0) is 19.1 Å². The molecule has 1 heterocycles. The molecular weight excluding hydrogens is 318 g/mol. The number of anilines is 1. The Balaban J connectivity index is 2.91. The SMILES string of the molecule is C=C(C)C(=O)Nc1cccc(CS(=O)(=O)NS(C)(=O)=O)n1. The quantitative estimate of drug-likeness (QED) is 0.705. The van der Waals surface area contributed by atoms with E-state index in [1.54, 1.807) is 0 Å². The van der Waals surface area contributed by atoms with E-state index in [0.717, 1.165) is 6.26 Å². The third kappa shape index (κ3) is 6.47. The number of hydrogen-bond donors (Lipinski definition) is 2. The molecule has 0 aliphatic carbocycles. The van der Waals surface area contributed by atoms with Crippen LogP contribution in [0.4, 0.5) is 5.82 Å². The maximum Gasteiger partial charge on any atom is 0.251 e. The van der Waals surface area contributed by atoms with Crippen molar-refractivity contribution in [2.75, 3.05) is 11.6 Å². The first-order valence-corrected chi connectivity index (χ1v) is 9.17. The Labute approximate surface area is 123 Å². The fraction of sp³-hybridized carbons (Fsp3) is 0.273. The Morgan fingerprint density at radius 3 is 2.43 bits per heavy atom. The van der Waals surface area contributed by atoms with Crippen molar-refractivity contribution in [2.24, 2.45) is 0 Å². The monoisotopic (exact) mass is 333 g/mol. The zero-order valence-electron chi connectivity index (χ0n) is 11.5. The molecule has 1 amide bonds. The third-order valence-corrected chi connectivity index (χ3v) is 4.95. The highest BCUT2D eigenvalue weighted by molar-refractivity contribution is 8.04. The molecule has 8 nitrogen and oxygen atoms in total. The van der Waals surface area contributed by atoms with Gasteiger partial charge in [-0.2, -0.15) is 0 Å². The molecule has 0 atom stereocenters. The largest absolute Gasteiger partial charge is 0.307 e. The Hall–Kier alpha value is -1.78. The summed E-state index contributed by atoms with van der Waals surface area (Å²) in [6.45, 7) is 4.97. The highest BCUT2D eigenvalue weighted by atomic mass is 32.3. The van der Waals surface area contributed by atoms with Gasteiger partial charge >= 0.3 is 0 Å². The second-order valence-electron chi connectivity index (χ2n) is 4.36. The van der Waals surface area contributed by atoms with Crippen molar-refractivity contribution in [2.45, 2.75) is 12.7 Å². The van der Waals surface area contributed by atoms with Crippen molar-refractivity contribution in [1.82, 2.24) is 9.11 Å². The van der Waals surface area contributed by atoms with Crippen molar-refractivity contribution in [3.63, 3.8) is 0 Å². The number of nitrogens with one attached hydrogen (secondary N) is 2. The van der Waals surface area contributed by atoms with Gasteiger partial charge in [-0.3, -0.25) is 4.79 Å². The van der Waals surface area contributed by atoms with Crippen LogP contribution >= 0.6 is 0 Å². The number of pyridine rings is 1. The average Bonchev–Trinajstić information content (AvgIpc) is 2.24. The fourth-order valence-electron chi connectivity index (χ4n) is 1.31. The normalized spacial score (nSPS) is 11.9. The first-order valence-electron chi connectivity index (χ1n) is 5.62. The third-order valence-electron chi connectivity index (χ3n) is 2.05.